The molecule has 2 fully saturated rings. The van der Waals surface area contributed by atoms with Crippen LogP contribution in [0.4, 0.5) is 13.2 Å². The first-order valence-electron chi connectivity index (χ1n) is 10.8. The molecule has 1 aromatic carbocycles. The van der Waals surface area contributed by atoms with E-state index in [0.717, 1.165) is 23.1 Å². The highest BCUT2D eigenvalue weighted by Gasteiger charge is 2.44. The number of ether oxygens (including phenoxy) is 3. The normalized spacial score (nSPS) is 26.7. The molecule has 0 spiro atoms. The number of hydrogen-bond acceptors (Lipinski definition) is 6. The monoisotopic (exact) mass is 456 g/mol. The largest absolute Gasteiger partial charge is 0.441 e. The standard InChI is InChI=1S/C22H27F3N2O5/c1-3-13-7-9-14(10-8-13)11-16-17(22(23,24)25)27(15-5-4-6-15)26-18(16)31-21-20(29)32-19(28)12(2)30-21/h7-10,12,15,19-21,28-29H,3-6,11H2,1-2H3. The van der Waals surface area contributed by atoms with E-state index in [1.54, 1.807) is 12.1 Å². The first kappa shape index (κ1) is 23.0. The summed E-state index contributed by atoms with van der Waals surface area (Å²) in [6.45, 7) is 3.50. The number of hydrogen-bond donors (Lipinski definition) is 2. The molecule has 4 rings (SSSR count). The zero-order chi connectivity index (χ0) is 23.0. The summed E-state index contributed by atoms with van der Waals surface area (Å²) in [5.74, 6) is -0.264. The lowest BCUT2D eigenvalue weighted by atomic mass is 9.93. The average Bonchev–Trinajstić information content (AvgIpc) is 3.03. The molecule has 2 N–H and O–H groups in total. The predicted octanol–water partition coefficient (Wildman–Crippen LogP) is 3.56. The maximum atomic E-state index is 14.2. The van der Waals surface area contributed by atoms with Gasteiger partial charge in [0.05, 0.1) is 11.6 Å². The zero-order valence-electron chi connectivity index (χ0n) is 17.9. The topological polar surface area (TPSA) is 86.0 Å². The van der Waals surface area contributed by atoms with Crippen LogP contribution in [0.15, 0.2) is 24.3 Å². The van der Waals surface area contributed by atoms with Gasteiger partial charge in [-0.1, -0.05) is 31.2 Å². The predicted molar refractivity (Wildman–Crippen MR) is 107 cm³/mol. The summed E-state index contributed by atoms with van der Waals surface area (Å²) < 4.78 is 59.5. The van der Waals surface area contributed by atoms with Gasteiger partial charge in [-0.15, -0.1) is 5.10 Å². The van der Waals surface area contributed by atoms with Gasteiger partial charge < -0.3 is 24.4 Å². The van der Waals surface area contributed by atoms with Crippen LogP contribution < -0.4 is 4.74 Å². The number of aliphatic hydroxyl groups excluding tert-OH is 2. The van der Waals surface area contributed by atoms with Gasteiger partial charge in [0.2, 0.25) is 12.2 Å². The number of rotatable bonds is 6. The van der Waals surface area contributed by atoms with Crippen LogP contribution in [0.1, 0.15) is 61.5 Å². The molecular formula is C22H27F3N2O5. The fourth-order valence-electron chi connectivity index (χ4n) is 3.85. The highest BCUT2D eigenvalue weighted by atomic mass is 19.4. The van der Waals surface area contributed by atoms with Crippen molar-refractivity contribution in [1.82, 2.24) is 9.78 Å². The number of aryl methyl sites for hydroxylation is 1. The Morgan fingerprint density at radius 2 is 1.75 bits per heavy atom. The van der Waals surface area contributed by atoms with E-state index in [4.69, 9.17) is 14.2 Å². The maximum absolute atomic E-state index is 14.2. The minimum absolute atomic E-state index is 0.0528. The van der Waals surface area contributed by atoms with Crippen LogP contribution in [-0.4, -0.2) is 45.0 Å². The van der Waals surface area contributed by atoms with E-state index in [9.17, 15) is 23.4 Å². The SMILES string of the molecule is CCc1ccc(Cc2c(OC3OC(C)C(O)OC3O)nn(C3CCC3)c2C(F)(F)F)cc1. The van der Waals surface area contributed by atoms with Crippen molar-refractivity contribution in [3.63, 3.8) is 0 Å². The Morgan fingerprint density at radius 3 is 2.31 bits per heavy atom. The second-order valence-corrected chi connectivity index (χ2v) is 8.25. The minimum atomic E-state index is -4.64. The molecule has 2 aromatic rings. The first-order valence-corrected chi connectivity index (χ1v) is 10.8. The van der Waals surface area contributed by atoms with Crippen LogP contribution in [0, 0.1) is 0 Å². The smallest absolute Gasteiger partial charge is 0.433 e. The van der Waals surface area contributed by atoms with E-state index < -0.39 is 36.8 Å². The van der Waals surface area contributed by atoms with Crippen LogP contribution in [0.25, 0.3) is 0 Å². The Labute approximate surface area is 183 Å². The van der Waals surface area contributed by atoms with Gasteiger partial charge in [0, 0.05) is 6.42 Å². The third kappa shape index (κ3) is 4.63. The van der Waals surface area contributed by atoms with Crippen molar-refractivity contribution in [2.75, 3.05) is 0 Å². The van der Waals surface area contributed by atoms with Gasteiger partial charge in [0.1, 0.15) is 11.8 Å². The molecule has 10 heteroatoms. The number of halogens is 3. The molecule has 1 saturated heterocycles. The van der Waals surface area contributed by atoms with Gasteiger partial charge in [0.15, 0.2) is 6.29 Å². The lowest BCUT2D eigenvalue weighted by Gasteiger charge is -2.34. The molecule has 7 nitrogen and oxygen atoms in total. The van der Waals surface area contributed by atoms with E-state index in [-0.39, 0.29) is 23.9 Å². The third-order valence-electron chi connectivity index (χ3n) is 5.96. The number of benzene rings is 1. The Hall–Kier alpha value is -2.14. The molecule has 1 aliphatic carbocycles. The van der Waals surface area contributed by atoms with E-state index in [1.165, 1.54) is 6.92 Å². The van der Waals surface area contributed by atoms with E-state index >= 15 is 0 Å². The van der Waals surface area contributed by atoms with Crippen molar-refractivity contribution >= 4 is 0 Å². The molecule has 4 unspecified atom stereocenters. The Balaban J connectivity index is 1.72. The van der Waals surface area contributed by atoms with Crippen molar-refractivity contribution < 1.29 is 37.6 Å². The van der Waals surface area contributed by atoms with Crippen molar-refractivity contribution in [2.45, 2.75) is 83.1 Å². The summed E-state index contributed by atoms with van der Waals surface area (Å²) in [6.07, 6.45) is -7.17. The molecule has 0 radical (unpaired) electrons. The number of nitrogens with zero attached hydrogens (tertiary/aromatic N) is 2. The van der Waals surface area contributed by atoms with Gasteiger partial charge in [-0.25, -0.2) is 0 Å². The highest BCUT2D eigenvalue weighted by molar-refractivity contribution is 5.39. The van der Waals surface area contributed by atoms with Crippen molar-refractivity contribution in [2.24, 2.45) is 0 Å². The van der Waals surface area contributed by atoms with Crippen LogP contribution in [-0.2, 0) is 28.5 Å². The van der Waals surface area contributed by atoms with E-state index in [1.807, 2.05) is 19.1 Å². The number of alkyl halides is 3. The molecule has 32 heavy (non-hydrogen) atoms. The average molecular weight is 456 g/mol. The quantitative estimate of drug-likeness (QED) is 0.692. The number of aromatic nitrogens is 2. The molecule has 2 aliphatic rings. The van der Waals surface area contributed by atoms with Crippen LogP contribution in [0.3, 0.4) is 0 Å². The lowest BCUT2D eigenvalue weighted by molar-refractivity contribution is -0.366. The zero-order valence-corrected chi connectivity index (χ0v) is 17.9. The Bertz CT molecular complexity index is 927. The molecule has 0 bridgehead atoms. The highest BCUT2D eigenvalue weighted by Crippen LogP contribution is 2.43. The van der Waals surface area contributed by atoms with Gasteiger partial charge in [0.25, 0.3) is 6.29 Å². The van der Waals surface area contributed by atoms with Crippen molar-refractivity contribution in [3.05, 3.63) is 46.6 Å². The first-order chi connectivity index (χ1) is 15.2. The molecular weight excluding hydrogens is 429 g/mol. The van der Waals surface area contributed by atoms with Crippen molar-refractivity contribution in [1.29, 1.82) is 0 Å². The minimum Gasteiger partial charge on any atom is -0.441 e. The molecule has 176 valence electrons. The molecule has 1 aliphatic heterocycles. The summed E-state index contributed by atoms with van der Waals surface area (Å²) in [4.78, 5) is 0. The maximum Gasteiger partial charge on any atom is 0.433 e. The van der Waals surface area contributed by atoms with Gasteiger partial charge >= 0.3 is 6.18 Å². The van der Waals surface area contributed by atoms with Crippen molar-refractivity contribution in [3.8, 4) is 5.88 Å². The lowest BCUT2D eigenvalue weighted by Crippen LogP contribution is -2.50. The van der Waals surface area contributed by atoms with Crippen LogP contribution in [0.2, 0.25) is 0 Å². The van der Waals surface area contributed by atoms with Crippen LogP contribution in [0.5, 0.6) is 5.88 Å². The van der Waals surface area contributed by atoms with Crippen LogP contribution >= 0.6 is 0 Å². The van der Waals surface area contributed by atoms with Gasteiger partial charge in [-0.3, -0.25) is 4.68 Å². The van der Waals surface area contributed by atoms with E-state index in [0.29, 0.717) is 18.4 Å². The second-order valence-electron chi connectivity index (χ2n) is 8.25. The summed E-state index contributed by atoms with van der Waals surface area (Å²) in [5.41, 5.74) is 0.782. The molecule has 0 amide bonds. The second kappa shape index (κ2) is 9.01. The van der Waals surface area contributed by atoms with Gasteiger partial charge in [-0.2, -0.15) is 13.2 Å². The summed E-state index contributed by atoms with van der Waals surface area (Å²) in [7, 11) is 0. The summed E-state index contributed by atoms with van der Waals surface area (Å²) in [6, 6.07) is 6.97. The number of aliphatic hydroxyl groups is 2. The van der Waals surface area contributed by atoms with E-state index in [2.05, 4.69) is 5.10 Å². The molecule has 1 saturated carbocycles. The molecule has 2 heterocycles. The summed E-state index contributed by atoms with van der Waals surface area (Å²) >= 11 is 0. The summed E-state index contributed by atoms with van der Waals surface area (Å²) in [5, 5.41) is 23.9. The molecule has 4 atom stereocenters. The fourth-order valence-corrected chi connectivity index (χ4v) is 3.85. The molecule has 1 aromatic heterocycles. The fraction of sp³-hybridized carbons (Fsp3) is 0.591. The van der Waals surface area contributed by atoms with Gasteiger partial charge in [-0.05, 0) is 43.7 Å². The third-order valence-corrected chi connectivity index (χ3v) is 5.96. The Kier molecular flexibility index (Phi) is 6.49. The Morgan fingerprint density at radius 1 is 1.09 bits per heavy atom.